The van der Waals surface area contributed by atoms with Gasteiger partial charge in [0.1, 0.15) is 17.1 Å². The number of carboxylic acid groups (broad SMARTS) is 1. The Kier molecular flexibility index (Phi) is 8.06. The first-order valence-corrected chi connectivity index (χ1v) is 15.8. The highest BCUT2D eigenvalue weighted by Crippen LogP contribution is 2.42. The van der Waals surface area contributed by atoms with Crippen LogP contribution in [0.4, 0.5) is 5.13 Å². The summed E-state index contributed by atoms with van der Waals surface area (Å²) >= 11 is 8.56. The highest BCUT2D eigenvalue weighted by molar-refractivity contribution is 8.00. The predicted molar refractivity (Wildman–Crippen MR) is 169 cm³/mol. The number of carbonyl (C=O) groups is 3. The maximum atomic E-state index is 13.8. The van der Waals surface area contributed by atoms with Gasteiger partial charge in [-0.2, -0.15) is 0 Å². The summed E-state index contributed by atoms with van der Waals surface area (Å²) in [5.41, 5.74) is 6.97. The third-order valence-corrected chi connectivity index (χ3v) is 10.3. The first-order valence-electron chi connectivity index (χ1n) is 13.5. The van der Waals surface area contributed by atoms with Gasteiger partial charge in [0.25, 0.3) is 5.91 Å². The van der Waals surface area contributed by atoms with Crippen LogP contribution in [-0.4, -0.2) is 67.1 Å². The number of fused-ring (bicyclic) bond motifs is 1. The molecule has 6 rings (SSSR count). The second-order valence-electron chi connectivity index (χ2n) is 10.3. The number of halogens is 1. The lowest BCUT2D eigenvalue weighted by molar-refractivity contribution is -0.151. The number of β-lactam (4-membered cyclic amide) rings is 1. The van der Waals surface area contributed by atoms with Crippen LogP contribution in [0.3, 0.4) is 0 Å². The summed E-state index contributed by atoms with van der Waals surface area (Å²) in [7, 11) is 0. The van der Waals surface area contributed by atoms with Crippen molar-refractivity contribution < 1.29 is 24.3 Å². The second kappa shape index (κ2) is 11.9. The van der Waals surface area contributed by atoms with Gasteiger partial charge in [-0.05, 0) is 0 Å². The maximum absolute atomic E-state index is 13.8. The number of nitrogens with two attached hydrogens (primary N) is 1. The molecule has 3 heterocycles. The van der Waals surface area contributed by atoms with Crippen molar-refractivity contribution in [2.45, 2.75) is 21.9 Å². The van der Waals surface area contributed by atoms with Crippen molar-refractivity contribution in [2.24, 2.45) is 5.16 Å². The monoisotopic (exact) mass is 647 g/mol. The fourth-order valence-corrected chi connectivity index (χ4v) is 7.53. The number of hydrogen-bond acceptors (Lipinski definition) is 9. The summed E-state index contributed by atoms with van der Waals surface area (Å²) in [6, 6.07) is 27.7. The van der Waals surface area contributed by atoms with Crippen LogP contribution < -0.4 is 11.1 Å². The molecule has 224 valence electrons. The Morgan fingerprint density at radius 2 is 1.57 bits per heavy atom. The zero-order valence-electron chi connectivity index (χ0n) is 23.0. The van der Waals surface area contributed by atoms with Gasteiger partial charge in [0.2, 0.25) is 11.5 Å². The average molecular weight is 648 g/mol. The minimum Gasteiger partial charge on any atom is -0.480 e. The number of carboxylic acids is 1. The Hall–Kier alpha value is -4.39. The molecule has 0 spiro atoms. The number of nitrogens with one attached hydrogen (secondary N) is 1. The van der Waals surface area contributed by atoms with Crippen molar-refractivity contribution in [2.75, 3.05) is 18.0 Å². The van der Waals surface area contributed by atoms with Crippen LogP contribution in [0.5, 0.6) is 0 Å². The number of carbonyl (C=O) groups excluding carboxylic acids is 2. The Morgan fingerprint density at radius 1 is 1.02 bits per heavy atom. The van der Waals surface area contributed by atoms with Crippen molar-refractivity contribution in [3.63, 3.8) is 0 Å². The molecular weight excluding hydrogens is 622 g/mol. The molecule has 1 aromatic heterocycles. The van der Waals surface area contributed by atoms with Crippen LogP contribution in [0.1, 0.15) is 22.4 Å². The van der Waals surface area contributed by atoms with Crippen molar-refractivity contribution in [3.05, 3.63) is 119 Å². The third-order valence-electron chi connectivity index (χ3n) is 7.51. The summed E-state index contributed by atoms with van der Waals surface area (Å²) in [5.74, 6) is -2.26. The lowest BCUT2D eigenvalue weighted by atomic mass is 9.80. The van der Waals surface area contributed by atoms with E-state index >= 15 is 0 Å². The second-order valence-corrected chi connectivity index (χ2v) is 13.0. The number of amides is 2. The smallest absolute Gasteiger partial charge is 0.327 e. The molecule has 44 heavy (non-hydrogen) atoms. The van der Waals surface area contributed by atoms with Crippen LogP contribution in [-0.2, 0) is 24.8 Å². The van der Waals surface area contributed by atoms with E-state index in [1.165, 1.54) is 16.7 Å². The van der Waals surface area contributed by atoms with E-state index in [9.17, 15) is 19.5 Å². The van der Waals surface area contributed by atoms with E-state index in [0.29, 0.717) is 0 Å². The molecule has 2 saturated heterocycles. The van der Waals surface area contributed by atoms with E-state index in [1.54, 1.807) is 5.38 Å². The molecule has 0 saturated carbocycles. The summed E-state index contributed by atoms with van der Waals surface area (Å²) < 4.78 is 0. The minimum atomic E-state index is -1.58. The topological polar surface area (TPSA) is 147 Å². The summed E-state index contributed by atoms with van der Waals surface area (Å²) in [6.45, 7) is -0.160. The maximum Gasteiger partial charge on any atom is 0.327 e. The molecule has 10 nitrogen and oxygen atoms in total. The number of aliphatic carboxylic acids is 1. The van der Waals surface area contributed by atoms with Gasteiger partial charge in [0.05, 0.1) is 6.54 Å². The largest absolute Gasteiger partial charge is 0.480 e. The van der Waals surface area contributed by atoms with E-state index in [2.05, 4.69) is 15.5 Å². The molecular formula is C31H26ClN5O5S2. The van der Waals surface area contributed by atoms with Crippen molar-refractivity contribution in [3.8, 4) is 0 Å². The van der Waals surface area contributed by atoms with E-state index in [-0.39, 0.29) is 28.8 Å². The lowest BCUT2D eigenvalue weighted by Crippen LogP contribution is -2.74. The lowest BCUT2D eigenvalue weighted by Gasteiger charge is -2.52. The van der Waals surface area contributed by atoms with E-state index in [1.807, 2.05) is 91.0 Å². The van der Waals surface area contributed by atoms with Crippen LogP contribution in [0.25, 0.3) is 0 Å². The molecule has 2 aliphatic heterocycles. The van der Waals surface area contributed by atoms with Crippen LogP contribution in [0.2, 0.25) is 0 Å². The van der Waals surface area contributed by atoms with Gasteiger partial charge in [-0.15, -0.1) is 34.7 Å². The minimum absolute atomic E-state index is 0.0745. The SMILES string of the molecule is Nc1nc(C(=NOC(c2ccccc2)(c2ccccc2)c2ccccc2)C(=O)N[C@@H]2C(=O)N3CC(Cl)(C(=O)O)CS[C@H]23)cs1. The van der Waals surface area contributed by atoms with Crippen molar-refractivity contribution in [1.82, 2.24) is 15.2 Å². The molecule has 13 heteroatoms. The molecule has 4 N–H and O–H groups in total. The molecule has 3 atom stereocenters. The quantitative estimate of drug-likeness (QED) is 0.0815. The number of nitrogen functional groups attached to an aromatic ring is 1. The number of alkyl halides is 1. The van der Waals surface area contributed by atoms with Gasteiger partial charge in [0, 0.05) is 27.8 Å². The zero-order chi connectivity index (χ0) is 30.9. The van der Waals surface area contributed by atoms with Crippen LogP contribution >= 0.6 is 34.7 Å². The highest BCUT2D eigenvalue weighted by Gasteiger charge is 2.57. The number of rotatable bonds is 9. The summed E-state index contributed by atoms with van der Waals surface area (Å²) in [5, 5.41) is 18.1. The van der Waals surface area contributed by atoms with Gasteiger partial charge in [-0.3, -0.25) is 14.4 Å². The number of anilines is 1. The molecule has 2 aliphatic rings. The van der Waals surface area contributed by atoms with Crippen molar-refractivity contribution in [1.29, 1.82) is 0 Å². The number of aromatic nitrogens is 1. The predicted octanol–water partition coefficient (Wildman–Crippen LogP) is 3.90. The summed E-state index contributed by atoms with van der Waals surface area (Å²) in [4.78, 5) is 49.1. The Morgan fingerprint density at radius 3 is 2.05 bits per heavy atom. The Labute approximate surface area is 265 Å². The average Bonchev–Trinajstić information content (AvgIpc) is 3.48. The summed E-state index contributed by atoms with van der Waals surface area (Å²) in [6.07, 6.45) is 0. The van der Waals surface area contributed by atoms with E-state index in [4.69, 9.17) is 22.2 Å². The van der Waals surface area contributed by atoms with Crippen LogP contribution in [0, 0.1) is 0 Å². The number of benzene rings is 3. The van der Waals surface area contributed by atoms with E-state index < -0.39 is 39.7 Å². The van der Waals surface area contributed by atoms with Gasteiger partial charge in [0.15, 0.2) is 15.7 Å². The number of hydrogen-bond donors (Lipinski definition) is 3. The third kappa shape index (κ3) is 5.29. The van der Waals surface area contributed by atoms with Gasteiger partial charge in [-0.1, -0.05) is 96.2 Å². The molecule has 1 unspecified atom stereocenters. The standard InChI is InChI=1S/C31H26ClN5O5S2/c32-30(28(40)41)17-37-26(39)24(27(37)44-18-30)35-25(38)23(22-16-43-29(33)34-22)36-42-31(19-10-4-1-5-11-19,20-12-6-2-7-13-20)21-14-8-3-9-15-21/h1-16,24,27H,17-18H2,(H2,33,34)(H,35,38)(H,40,41)/t24-,27-,30?/m1/s1. The number of nitrogens with zero attached hydrogens (tertiary/aromatic N) is 3. The normalized spacial score (nSPS) is 21.6. The fourth-order valence-electron chi connectivity index (χ4n) is 5.27. The van der Waals surface area contributed by atoms with E-state index in [0.717, 1.165) is 28.0 Å². The molecule has 2 fully saturated rings. The van der Waals surface area contributed by atoms with Gasteiger partial charge < -0.3 is 25.9 Å². The highest BCUT2D eigenvalue weighted by atomic mass is 35.5. The van der Waals surface area contributed by atoms with Crippen LogP contribution in [0.15, 0.2) is 102 Å². The molecule has 2 amide bonds. The Bertz CT molecular complexity index is 1630. The molecule has 0 bridgehead atoms. The zero-order valence-corrected chi connectivity index (χ0v) is 25.4. The number of thioether (sulfide) groups is 1. The Balaban J connectivity index is 1.38. The van der Waals surface area contributed by atoms with Crippen molar-refractivity contribution >= 4 is 63.3 Å². The number of oxime groups is 1. The van der Waals surface area contributed by atoms with Gasteiger partial charge >= 0.3 is 5.97 Å². The number of thiazole rings is 1. The first-order chi connectivity index (χ1) is 21.2. The molecule has 0 radical (unpaired) electrons. The van der Waals surface area contributed by atoms with Gasteiger partial charge in [-0.25, -0.2) is 4.98 Å². The first kappa shape index (κ1) is 29.7. The molecule has 3 aromatic carbocycles. The molecule has 0 aliphatic carbocycles. The molecule has 4 aromatic rings. The fraction of sp³-hybridized carbons (Fsp3) is 0.194.